The van der Waals surface area contributed by atoms with Crippen molar-refractivity contribution in [1.29, 1.82) is 0 Å². The van der Waals surface area contributed by atoms with Crippen molar-refractivity contribution in [2.45, 2.75) is 31.9 Å². The molecular formula is C19H24N2O2S. The number of rotatable bonds is 4. The maximum atomic E-state index is 12.7. The van der Waals surface area contributed by atoms with E-state index in [9.17, 15) is 4.79 Å². The molecule has 1 fully saturated rings. The lowest BCUT2D eigenvalue weighted by Crippen LogP contribution is -2.46. The van der Waals surface area contributed by atoms with Crippen molar-refractivity contribution in [3.8, 4) is 0 Å². The van der Waals surface area contributed by atoms with Crippen molar-refractivity contribution in [1.82, 2.24) is 10.2 Å². The van der Waals surface area contributed by atoms with Crippen LogP contribution in [0.3, 0.4) is 0 Å². The van der Waals surface area contributed by atoms with Gasteiger partial charge in [-0.05, 0) is 36.8 Å². The Kier molecular flexibility index (Phi) is 5.53. The minimum atomic E-state index is -0.0995. The van der Waals surface area contributed by atoms with E-state index < -0.39 is 0 Å². The zero-order valence-electron chi connectivity index (χ0n) is 14.2. The topological polar surface area (TPSA) is 41.6 Å². The van der Waals surface area contributed by atoms with Gasteiger partial charge in [-0.2, -0.15) is 0 Å². The van der Waals surface area contributed by atoms with Gasteiger partial charge in [0.2, 0.25) is 0 Å². The van der Waals surface area contributed by atoms with Crippen LogP contribution >= 0.6 is 11.3 Å². The minimum absolute atomic E-state index is 0.00413. The largest absolute Gasteiger partial charge is 0.381 e. The Bertz CT molecular complexity index is 664. The van der Waals surface area contributed by atoms with E-state index in [1.807, 2.05) is 22.4 Å². The average molecular weight is 344 g/mol. The molecule has 3 rings (SSSR count). The molecule has 1 aromatic heterocycles. The van der Waals surface area contributed by atoms with Gasteiger partial charge in [-0.1, -0.05) is 35.9 Å². The zero-order chi connectivity index (χ0) is 16.9. The lowest BCUT2D eigenvalue weighted by molar-refractivity contribution is 0.0501. The third kappa shape index (κ3) is 3.97. The van der Waals surface area contributed by atoms with Crippen LogP contribution in [0.1, 0.15) is 34.9 Å². The monoisotopic (exact) mass is 344 g/mol. The summed E-state index contributed by atoms with van der Waals surface area (Å²) in [5, 5.41) is 5.27. The van der Waals surface area contributed by atoms with Crippen LogP contribution in [-0.2, 0) is 4.74 Å². The molecule has 0 saturated carbocycles. The second kappa shape index (κ2) is 7.81. The molecule has 128 valence electrons. The number of hydrogen-bond donors (Lipinski definition) is 1. The van der Waals surface area contributed by atoms with Crippen molar-refractivity contribution < 1.29 is 9.53 Å². The molecule has 0 unspecified atom stereocenters. The first-order valence-electron chi connectivity index (χ1n) is 8.35. The van der Waals surface area contributed by atoms with Crippen molar-refractivity contribution in [2.24, 2.45) is 0 Å². The molecule has 1 aromatic carbocycles. The van der Waals surface area contributed by atoms with E-state index >= 15 is 0 Å². The first kappa shape index (κ1) is 17.0. The maximum Gasteiger partial charge on any atom is 0.318 e. The van der Waals surface area contributed by atoms with Crippen LogP contribution in [0.4, 0.5) is 4.79 Å². The Hall–Kier alpha value is -1.85. The van der Waals surface area contributed by atoms with Gasteiger partial charge in [0, 0.05) is 25.1 Å². The standard InChI is InChI=1S/C19H24N2O2S/c1-14-5-3-6-15(13-14)18(17-7-4-12-24-17)20-19(22)21-10-8-16(23-2)9-11-21/h3-7,12-13,16,18H,8-11H2,1-2H3,(H,20,22)/t18-/m1/s1. The van der Waals surface area contributed by atoms with Crippen LogP contribution in [0, 0.1) is 6.92 Å². The number of methoxy groups -OCH3 is 1. The normalized spacial score (nSPS) is 16.8. The summed E-state index contributed by atoms with van der Waals surface area (Å²) in [7, 11) is 1.74. The lowest BCUT2D eigenvalue weighted by atomic mass is 10.0. The molecule has 1 saturated heterocycles. The molecule has 0 spiro atoms. The van der Waals surface area contributed by atoms with Crippen LogP contribution in [0.5, 0.6) is 0 Å². The number of carbonyl (C=O) groups is 1. The fraction of sp³-hybridized carbons (Fsp3) is 0.421. The van der Waals surface area contributed by atoms with Gasteiger partial charge in [0.15, 0.2) is 0 Å². The predicted molar refractivity (Wildman–Crippen MR) is 97.5 cm³/mol. The third-order valence-electron chi connectivity index (χ3n) is 4.53. The van der Waals surface area contributed by atoms with Crippen molar-refractivity contribution in [3.05, 3.63) is 57.8 Å². The zero-order valence-corrected chi connectivity index (χ0v) is 15.0. The van der Waals surface area contributed by atoms with Crippen LogP contribution in [0.2, 0.25) is 0 Å². The second-order valence-corrected chi connectivity index (χ2v) is 7.21. The van der Waals surface area contributed by atoms with Crippen LogP contribution in [-0.4, -0.2) is 37.2 Å². The van der Waals surface area contributed by atoms with Crippen LogP contribution in [0.15, 0.2) is 41.8 Å². The van der Waals surface area contributed by atoms with Crippen molar-refractivity contribution >= 4 is 17.4 Å². The molecule has 24 heavy (non-hydrogen) atoms. The number of piperidine rings is 1. The van der Waals surface area contributed by atoms with E-state index in [-0.39, 0.29) is 18.2 Å². The third-order valence-corrected chi connectivity index (χ3v) is 5.47. The Labute approximate surface area is 147 Å². The molecule has 5 heteroatoms. The summed E-state index contributed by atoms with van der Waals surface area (Å²) in [6.07, 6.45) is 2.08. The summed E-state index contributed by atoms with van der Waals surface area (Å²) in [4.78, 5) is 15.8. The molecule has 1 N–H and O–H groups in total. The number of hydrogen-bond acceptors (Lipinski definition) is 3. The number of amides is 2. The number of benzene rings is 1. The molecule has 0 aliphatic carbocycles. The molecule has 2 heterocycles. The van der Waals surface area contributed by atoms with Gasteiger partial charge in [-0.3, -0.25) is 0 Å². The van der Waals surface area contributed by atoms with E-state index in [1.165, 1.54) is 5.56 Å². The van der Waals surface area contributed by atoms with Gasteiger partial charge in [0.1, 0.15) is 0 Å². The van der Waals surface area contributed by atoms with Crippen molar-refractivity contribution in [2.75, 3.05) is 20.2 Å². The summed E-state index contributed by atoms with van der Waals surface area (Å²) < 4.78 is 5.38. The number of thiophene rings is 1. The molecule has 4 nitrogen and oxygen atoms in total. The highest BCUT2D eigenvalue weighted by Gasteiger charge is 2.25. The summed E-state index contributed by atoms with van der Waals surface area (Å²) >= 11 is 1.67. The molecule has 1 aliphatic heterocycles. The highest BCUT2D eigenvalue weighted by atomic mass is 32.1. The van der Waals surface area contributed by atoms with E-state index in [0.29, 0.717) is 0 Å². The molecule has 0 bridgehead atoms. The Morgan fingerprint density at radius 3 is 2.71 bits per heavy atom. The van der Waals surface area contributed by atoms with Gasteiger partial charge in [0.25, 0.3) is 0 Å². The second-order valence-electron chi connectivity index (χ2n) is 6.23. The Morgan fingerprint density at radius 2 is 2.08 bits per heavy atom. The highest BCUT2D eigenvalue weighted by Crippen LogP contribution is 2.27. The van der Waals surface area contributed by atoms with Gasteiger partial charge in [-0.15, -0.1) is 11.3 Å². The minimum Gasteiger partial charge on any atom is -0.381 e. The number of nitrogens with zero attached hydrogens (tertiary/aromatic N) is 1. The van der Waals surface area contributed by atoms with Gasteiger partial charge < -0.3 is 15.0 Å². The van der Waals surface area contributed by atoms with E-state index in [1.54, 1.807) is 18.4 Å². The van der Waals surface area contributed by atoms with Crippen LogP contribution < -0.4 is 5.32 Å². The Balaban J connectivity index is 1.74. The number of carbonyl (C=O) groups excluding carboxylic acids is 1. The van der Waals surface area contributed by atoms with Crippen LogP contribution in [0.25, 0.3) is 0 Å². The molecular weight excluding hydrogens is 320 g/mol. The van der Waals surface area contributed by atoms with Gasteiger partial charge >= 0.3 is 6.03 Å². The first-order valence-corrected chi connectivity index (χ1v) is 9.23. The van der Waals surface area contributed by atoms with Crippen molar-refractivity contribution in [3.63, 3.8) is 0 Å². The number of ether oxygens (including phenoxy) is 1. The quantitative estimate of drug-likeness (QED) is 0.912. The molecule has 2 aromatic rings. The molecule has 1 atom stereocenters. The molecule has 0 radical (unpaired) electrons. The smallest absolute Gasteiger partial charge is 0.318 e. The predicted octanol–water partition coefficient (Wildman–Crippen LogP) is 3.97. The highest BCUT2D eigenvalue weighted by molar-refractivity contribution is 7.10. The first-order chi connectivity index (χ1) is 11.7. The fourth-order valence-electron chi connectivity index (χ4n) is 3.13. The molecule has 1 aliphatic rings. The lowest BCUT2D eigenvalue weighted by Gasteiger charge is -2.32. The van der Waals surface area contributed by atoms with E-state index in [2.05, 4.69) is 36.5 Å². The summed E-state index contributed by atoms with van der Waals surface area (Å²) in [5.41, 5.74) is 2.32. The maximum absolute atomic E-state index is 12.7. The number of aryl methyl sites for hydroxylation is 1. The average Bonchev–Trinajstić information content (AvgIpc) is 3.14. The van der Waals surface area contributed by atoms with E-state index in [0.717, 1.165) is 36.4 Å². The van der Waals surface area contributed by atoms with Gasteiger partial charge in [0.05, 0.1) is 12.1 Å². The number of urea groups is 1. The molecule has 2 amide bonds. The fourth-order valence-corrected chi connectivity index (χ4v) is 3.94. The SMILES string of the molecule is COC1CCN(C(=O)N[C@H](c2cccc(C)c2)c2cccs2)CC1. The summed E-state index contributed by atoms with van der Waals surface area (Å²) in [6.45, 7) is 3.57. The Morgan fingerprint density at radius 1 is 1.29 bits per heavy atom. The summed E-state index contributed by atoms with van der Waals surface area (Å²) in [6, 6.07) is 12.3. The summed E-state index contributed by atoms with van der Waals surface area (Å²) in [5.74, 6) is 0. The number of nitrogens with one attached hydrogen (secondary N) is 1. The van der Waals surface area contributed by atoms with Gasteiger partial charge in [-0.25, -0.2) is 4.79 Å². The van der Waals surface area contributed by atoms with E-state index in [4.69, 9.17) is 4.74 Å². The number of likely N-dealkylation sites (tertiary alicyclic amines) is 1.